The van der Waals surface area contributed by atoms with E-state index in [-0.39, 0.29) is 0 Å². The van der Waals surface area contributed by atoms with Gasteiger partial charge in [0.05, 0.1) is 15.7 Å². The van der Waals surface area contributed by atoms with E-state index >= 15 is 0 Å². The van der Waals surface area contributed by atoms with Crippen LogP contribution in [0.2, 0.25) is 0 Å². The number of para-hydroxylation sites is 2. The predicted molar refractivity (Wildman–Crippen MR) is 199 cm³/mol. The molecule has 0 N–H and O–H groups in total. The van der Waals surface area contributed by atoms with Crippen LogP contribution in [0.4, 0.5) is 0 Å². The molecule has 0 fully saturated rings. The number of aromatic nitrogens is 1. The van der Waals surface area contributed by atoms with Gasteiger partial charge in [-0.05, 0) is 65.7 Å². The lowest BCUT2D eigenvalue weighted by molar-refractivity contribution is 0.669. The van der Waals surface area contributed by atoms with Crippen molar-refractivity contribution in [1.82, 2.24) is 4.57 Å². The van der Waals surface area contributed by atoms with E-state index in [9.17, 15) is 0 Å². The van der Waals surface area contributed by atoms with Crippen LogP contribution < -0.4 is 0 Å². The molecule has 0 amide bonds. The smallest absolute Gasteiger partial charge is 0.136 e. The number of fused-ring (bicyclic) bond motifs is 13. The second-order valence-corrected chi connectivity index (χ2v) is 14.2. The second kappa shape index (κ2) is 9.07. The zero-order valence-corrected chi connectivity index (χ0v) is 26.1. The maximum Gasteiger partial charge on any atom is 0.136 e. The molecule has 0 bridgehead atoms. The number of thiophene rings is 2. The third kappa shape index (κ3) is 3.30. The molecule has 0 saturated heterocycles. The van der Waals surface area contributed by atoms with Gasteiger partial charge in [-0.15, -0.1) is 22.7 Å². The van der Waals surface area contributed by atoms with E-state index in [2.05, 4.69) is 132 Å². The summed E-state index contributed by atoms with van der Waals surface area (Å²) in [6.45, 7) is 0. The monoisotopic (exact) mass is 621 g/mol. The van der Waals surface area contributed by atoms with Crippen LogP contribution in [-0.2, 0) is 0 Å². The van der Waals surface area contributed by atoms with E-state index in [1.165, 1.54) is 79.0 Å². The molecule has 7 aromatic carbocycles. The van der Waals surface area contributed by atoms with Crippen LogP contribution >= 0.6 is 22.7 Å². The molecule has 0 aliphatic rings. The average Bonchev–Trinajstić information content (AvgIpc) is 3.86. The Balaban J connectivity index is 1.20. The van der Waals surface area contributed by atoms with Gasteiger partial charge in [0.2, 0.25) is 0 Å². The highest BCUT2D eigenvalue weighted by Gasteiger charge is 2.19. The van der Waals surface area contributed by atoms with Gasteiger partial charge in [0.25, 0.3) is 0 Å². The summed E-state index contributed by atoms with van der Waals surface area (Å²) >= 11 is 3.76. The summed E-state index contributed by atoms with van der Waals surface area (Å²) in [4.78, 5) is 0. The normalized spacial score (nSPS) is 12.3. The fraction of sp³-hybridized carbons (Fsp3) is 0. The third-order valence-electron chi connectivity index (χ3n) is 9.61. The molecule has 4 aromatic heterocycles. The molecule has 4 heteroatoms. The van der Waals surface area contributed by atoms with Crippen LogP contribution in [0.3, 0.4) is 0 Å². The fourth-order valence-corrected chi connectivity index (χ4v) is 9.94. The van der Waals surface area contributed by atoms with E-state index < -0.39 is 0 Å². The standard InChI is InChI=1S/C42H23NOS2/c1-4-12-34-27(8-1)31-19-20-32-30-10-3-6-14-37(30)46-42(32)41(31)43(34)25-17-21-38-33(23-25)40-26(11-7-15-39(40)45-38)24-16-18-29-28-9-2-5-13-35(28)44-36(29)22-24/h1-23H. The van der Waals surface area contributed by atoms with Gasteiger partial charge in [0, 0.05) is 62.9 Å². The Labute approximate surface area is 270 Å². The van der Waals surface area contributed by atoms with Crippen molar-refractivity contribution in [3.63, 3.8) is 0 Å². The first-order valence-electron chi connectivity index (χ1n) is 15.5. The lowest BCUT2D eigenvalue weighted by Gasteiger charge is -2.10. The highest BCUT2D eigenvalue weighted by molar-refractivity contribution is 7.26. The lowest BCUT2D eigenvalue weighted by atomic mass is 9.98. The first kappa shape index (κ1) is 24.8. The van der Waals surface area contributed by atoms with E-state index in [0.29, 0.717) is 0 Å². The maximum absolute atomic E-state index is 6.30. The van der Waals surface area contributed by atoms with Gasteiger partial charge in [-0.1, -0.05) is 84.9 Å². The summed E-state index contributed by atoms with van der Waals surface area (Å²) in [6.07, 6.45) is 0. The summed E-state index contributed by atoms with van der Waals surface area (Å²) < 4.78 is 14.1. The minimum atomic E-state index is 0.925. The molecule has 0 unspecified atom stereocenters. The second-order valence-electron chi connectivity index (χ2n) is 12.1. The summed E-state index contributed by atoms with van der Waals surface area (Å²) in [6, 6.07) is 50.9. The molecule has 2 nitrogen and oxygen atoms in total. The molecule has 11 rings (SSSR count). The van der Waals surface area contributed by atoms with E-state index in [4.69, 9.17) is 4.42 Å². The number of hydrogen-bond donors (Lipinski definition) is 0. The zero-order chi connectivity index (χ0) is 29.9. The fourth-order valence-electron chi connectivity index (χ4n) is 7.59. The van der Waals surface area contributed by atoms with Gasteiger partial charge in [-0.2, -0.15) is 0 Å². The number of furan rings is 1. The highest BCUT2D eigenvalue weighted by atomic mass is 32.1. The van der Waals surface area contributed by atoms with Gasteiger partial charge >= 0.3 is 0 Å². The Hall–Kier alpha value is -5.42. The first-order chi connectivity index (χ1) is 22.8. The topological polar surface area (TPSA) is 18.1 Å². The van der Waals surface area contributed by atoms with Gasteiger partial charge in [0.15, 0.2) is 0 Å². The summed E-state index contributed by atoms with van der Waals surface area (Å²) in [7, 11) is 0. The van der Waals surface area contributed by atoms with Gasteiger partial charge < -0.3 is 8.98 Å². The molecule has 46 heavy (non-hydrogen) atoms. The molecular weight excluding hydrogens is 599 g/mol. The predicted octanol–water partition coefficient (Wildman–Crippen LogP) is 13.1. The Kier molecular flexibility index (Phi) is 4.90. The highest BCUT2D eigenvalue weighted by Crippen LogP contribution is 2.45. The molecule has 4 heterocycles. The minimum Gasteiger partial charge on any atom is -0.456 e. The first-order valence-corrected chi connectivity index (χ1v) is 17.1. The van der Waals surface area contributed by atoms with Crippen molar-refractivity contribution in [2.24, 2.45) is 0 Å². The quantitative estimate of drug-likeness (QED) is 0.188. The van der Waals surface area contributed by atoms with Gasteiger partial charge in [-0.3, -0.25) is 0 Å². The molecule has 0 saturated carbocycles. The van der Waals surface area contributed by atoms with Gasteiger partial charge in [-0.25, -0.2) is 0 Å². The van der Waals surface area contributed by atoms with Crippen molar-refractivity contribution in [2.75, 3.05) is 0 Å². The Morgan fingerprint density at radius 2 is 1.20 bits per heavy atom. The lowest BCUT2D eigenvalue weighted by Crippen LogP contribution is -1.93. The van der Waals surface area contributed by atoms with Crippen LogP contribution in [-0.4, -0.2) is 4.57 Å². The van der Waals surface area contributed by atoms with E-state index in [0.717, 1.165) is 21.9 Å². The molecule has 0 spiro atoms. The van der Waals surface area contributed by atoms with Crippen LogP contribution in [0.5, 0.6) is 0 Å². The van der Waals surface area contributed by atoms with Crippen LogP contribution in [0.1, 0.15) is 0 Å². The van der Waals surface area contributed by atoms with E-state index in [1.54, 1.807) is 0 Å². The Morgan fingerprint density at radius 3 is 2.15 bits per heavy atom. The van der Waals surface area contributed by atoms with E-state index in [1.807, 2.05) is 34.8 Å². The van der Waals surface area contributed by atoms with Gasteiger partial charge in [0.1, 0.15) is 11.2 Å². The summed E-state index contributed by atoms with van der Waals surface area (Å²) in [5, 5.41) is 10.1. The molecule has 214 valence electrons. The number of hydrogen-bond acceptors (Lipinski definition) is 3. The number of benzene rings is 7. The molecule has 0 radical (unpaired) electrons. The third-order valence-corrected chi connectivity index (χ3v) is 11.9. The van der Waals surface area contributed by atoms with Crippen molar-refractivity contribution < 1.29 is 4.42 Å². The Bertz CT molecular complexity index is 3040. The molecule has 0 atom stereocenters. The number of nitrogens with zero attached hydrogens (tertiary/aromatic N) is 1. The Morgan fingerprint density at radius 1 is 0.457 bits per heavy atom. The SMILES string of the molecule is c1ccc2c(c1)oc1cc(-c3cccc4sc5ccc(-n6c7ccccc7c7ccc8c9ccccc9sc8c76)cc5c34)ccc12. The van der Waals surface area contributed by atoms with Crippen molar-refractivity contribution >= 4 is 107 Å². The van der Waals surface area contributed by atoms with Crippen LogP contribution in [0.25, 0.3) is 101 Å². The molecular formula is C42H23NOS2. The maximum atomic E-state index is 6.30. The molecule has 0 aliphatic heterocycles. The summed E-state index contributed by atoms with van der Waals surface area (Å²) in [5.41, 5.74) is 7.96. The summed E-state index contributed by atoms with van der Waals surface area (Å²) in [5.74, 6) is 0. The molecule has 11 aromatic rings. The largest absolute Gasteiger partial charge is 0.456 e. The average molecular weight is 622 g/mol. The van der Waals surface area contributed by atoms with Crippen LogP contribution in [0, 0.1) is 0 Å². The number of rotatable bonds is 2. The van der Waals surface area contributed by atoms with Crippen molar-refractivity contribution in [2.45, 2.75) is 0 Å². The van der Waals surface area contributed by atoms with Crippen molar-refractivity contribution in [1.29, 1.82) is 0 Å². The van der Waals surface area contributed by atoms with Crippen molar-refractivity contribution in [3.05, 3.63) is 140 Å². The molecule has 0 aliphatic carbocycles. The van der Waals surface area contributed by atoms with Crippen molar-refractivity contribution in [3.8, 4) is 16.8 Å². The zero-order valence-electron chi connectivity index (χ0n) is 24.5. The minimum absolute atomic E-state index is 0.925. The van der Waals surface area contributed by atoms with Crippen LogP contribution in [0.15, 0.2) is 144 Å².